The third kappa shape index (κ3) is 5.36. The predicted octanol–water partition coefficient (Wildman–Crippen LogP) is 4.46. The fourth-order valence-electron chi connectivity index (χ4n) is 4.35. The van der Waals surface area contributed by atoms with E-state index in [-0.39, 0.29) is 5.91 Å². The van der Waals surface area contributed by atoms with E-state index in [0.717, 1.165) is 67.1 Å². The van der Waals surface area contributed by atoms with E-state index in [4.69, 9.17) is 17.2 Å². The van der Waals surface area contributed by atoms with Gasteiger partial charge in [0.2, 0.25) is 0 Å². The summed E-state index contributed by atoms with van der Waals surface area (Å²) in [4.78, 5) is 22.2. The van der Waals surface area contributed by atoms with Gasteiger partial charge in [0.15, 0.2) is 5.11 Å². The molecule has 0 unspecified atom stereocenters. The molecule has 0 atom stereocenters. The summed E-state index contributed by atoms with van der Waals surface area (Å²) in [7, 11) is 0. The van der Waals surface area contributed by atoms with Gasteiger partial charge in [-0.1, -0.05) is 12.1 Å². The minimum atomic E-state index is -0.127. The Hall–Kier alpha value is -2.19. The summed E-state index contributed by atoms with van der Waals surface area (Å²) in [5.41, 5.74) is 2.49. The number of aromatic nitrogens is 1. The topological polar surface area (TPSA) is 60.5 Å². The molecule has 31 heavy (non-hydrogen) atoms. The van der Waals surface area contributed by atoms with Gasteiger partial charge in [0.05, 0.1) is 16.4 Å². The molecule has 2 fully saturated rings. The smallest absolute Gasteiger partial charge is 0.275 e. The highest BCUT2D eigenvalue weighted by molar-refractivity contribution is 7.80. The number of amides is 1. The van der Waals surface area contributed by atoms with Gasteiger partial charge in [-0.2, -0.15) is 0 Å². The van der Waals surface area contributed by atoms with Crippen LogP contribution in [0.3, 0.4) is 0 Å². The number of likely N-dealkylation sites (tertiary alicyclic amines) is 1. The van der Waals surface area contributed by atoms with Gasteiger partial charge < -0.3 is 20.4 Å². The highest BCUT2D eigenvalue weighted by Gasteiger charge is 2.25. The lowest BCUT2D eigenvalue weighted by Gasteiger charge is -2.33. The van der Waals surface area contributed by atoms with Crippen LogP contribution in [0.15, 0.2) is 29.6 Å². The minimum Gasteiger partial charge on any atom is -0.370 e. The standard InChI is InChI=1S/C23H31N5OS2/c1-2-24-23(30)28-14-10-17(11-15-28)22-26-19(16-31-22)21(29)25-18-8-4-5-9-20(18)27-12-6-3-7-13-27/h4-5,8-9,16-17H,2-3,6-7,10-15H2,1H3,(H,24,30)(H,25,29). The average molecular weight is 458 g/mol. The molecule has 2 aromatic rings. The molecule has 1 aromatic heterocycles. The molecule has 1 amide bonds. The summed E-state index contributed by atoms with van der Waals surface area (Å²) in [5.74, 6) is 0.269. The minimum absolute atomic E-state index is 0.127. The fourth-order valence-corrected chi connectivity index (χ4v) is 5.65. The monoisotopic (exact) mass is 457 g/mol. The van der Waals surface area contributed by atoms with Crippen molar-refractivity contribution in [1.29, 1.82) is 0 Å². The molecule has 6 nitrogen and oxygen atoms in total. The Labute approximate surface area is 194 Å². The van der Waals surface area contributed by atoms with Crippen LogP contribution in [-0.4, -0.2) is 53.6 Å². The molecular formula is C23H31N5OS2. The molecule has 2 saturated heterocycles. The summed E-state index contributed by atoms with van der Waals surface area (Å²) in [6.45, 7) is 6.87. The zero-order valence-corrected chi connectivity index (χ0v) is 19.7. The molecule has 2 aliphatic heterocycles. The van der Waals surface area contributed by atoms with Gasteiger partial charge in [-0.15, -0.1) is 11.3 Å². The van der Waals surface area contributed by atoms with Crippen LogP contribution in [0.5, 0.6) is 0 Å². The Morgan fingerprint density at radius 1 is 1.16 bits per heavy atom. The van der Waals surface area contributed by atoms with Crippen LogP contribution in [-0.2, 0) is 0 Å². The third-order valence-electron chi connectivity index (χ3n) is 6.06. The van der Waals surface area contributed by atoms with E-state index in [1.165, 1.54) is 19.3 Å². The molecule has 2 N–H and O–H groups in total. The van der Waals surface area contributed by atoms with Gasteiger partial charge in [-0.3, -0.25) is 4.79 Å². The zero-order chi connectivity index (χ0) is 21.6. The maximum absolute atomic E-state index is 12.9. The van der Waals surface area contributed by atoms with E-state index in [2.05, 4.69) is 33.4 Å². The van der Waals surface area contributed by atoms with Crippen molar-refractivity contribution >= 4 is 45.9 Å². The largest absolute Gasteiger partial charge is 0.370 e. The molecule has 3 heterocycles. The number of nitrogens with one attached hydrogen (secondary N) is 2. The summed E-state index contributed by atoms with van der Waals surface area (Å²) < 4.78 is 0. The highest BCUT2D eigenvalue weighted by atomic mass is 32.1. The second-order valence-electron chi connectivity index (χ2n) is 8.19. The molecule has 0 saturated carbocycles. The Morgan fingerprint density at radius 3 is 2.65 bits per heavy atom. The molecular weight excluding hydrogens is 426 g/mol. The van der Waals surface area contributed by atoms with E-state index >= 15 is 0 Å². The number of thiocarbonyl (C=S) groups is 1. The van der Waals surface area contributed by atoms with Crippen LogP contribution < -0.4 is 15.5 Å². The van der Waals surface area contributed by atoms with E-state index in [0.29, 0.717) is 11.6 Å². The van der Waals surface area contributed by atoms with Crippen molar-refractivity contribution in [2.24, 2.45) is 0 Å². The molecule has 0 spiro atoms. The van der Waals surface area contributed by atoms with Gasteiger partial charge in [0.25, 0.3) is 5.91 Å². The van der Waals surface area contributed by atoms with E-state index < -0.39 is 0 Å². The number of carbonyl (C=O) groups excluding carboxylic acids is 1. The van der Waals surface area contributed by atoms with Crippen molar-refractivity contribution in [3.8, 4) is 0 Å². The van der Waals surface area contributed by atoms with Crippen molar-refractivity contribution in [3.05, 3.63) is 40.3 Å². The van der Waals surface area contributed by atoms with Gasteiger partial charge in [-0.05, 0) is 63.4 Å². The summed E-state index contributed by atoms with van der Waals surface area (Å²) in [6, 6.07) is 8.09. The van der Waals surface area contributed by atoms with Gasteiger partial charge in [-0.25, -0.2) is 4.98 Å². The van der Waals surface area contributed by atoms with Crippen molar-refractivity contribution in [1.82, 2.24) is 15.2 Å². The quantitative estimate of drug-likeness (QED) is 0.647. The van der Waals surface area contributed by atoms with Crippen LogP contribution >= 0.6 is 23.6 Å². The molecule has 1 aromatic carbocycles. The lowest BCUT2D eigenvalue weighted by atomic mass is 9.98. The lowest BCUT2D eigenvalue weighted by Crippen LogP contribution is -2.43. The number of rotatable bonds is 5. The Balaban J connectivity index is 1.38. The van der Waals surface area contributed by atoms with Crippen molar-refractivity contribution in [2.75, 3.05) is 42.9 Å². The zero-order valence-electron chi connectivity index (χ0n) is 18.1. The van der Waals surface area contributed by atoms with Crippen molar-refractivity contribution in [2.45, 2.75) is 44.9 Å². The lowest BCUT2D eigenvalue weighted by molar-refractivity contribution is 0.102. The van der Waals surface area contributed by atoms with Crippen LogP contribution in [0.2, 0.25) is 0 Å². The van der Waals surface area contributed by atoms with Crippen LogP contribution in [0.1, 0.15) is 60.4 Å². The second-order valence-corrected chi connectivity index (χ2v) is 9.46. The Morgan fingerprint density at radius 2 is 1.90 bits per heavy atom. The molecule has 8 heteroatoms. The maximum atomic E-state index is 12.9. The molecule has 166 valence electrons. The number of hydrogen-bond donors (Lipinski definition) is 2. The first kappa shape index (κ1) is 22.0. The first-order valence-electron chi connectivity index (χ1n) is 11.3. The SMILES string of the molecule is CCNC(=S)N1CCC(c2nc(C(=O)Nc3ccccc3N3CCCCC3)cs2)CC1. The number of para-hydroxylation sites is 2. The highest BCUT2D eigenvalue weighted by Crippen LogP contribution is 2.32. The number of hydrogen-bond acceptors (Lipinski definition) is 5. The number of piperidine rings is 2. The summed E-state index contributed by atoms with van der Waals surface area (Å²) in [6.07, 6.45) is 5.72. The number of nitrogens with zero attached hydrogens (tertiary/aromatic N) is 3. The van der Waals surface area contributed by atoms with Crippen LogP contribution in [0, 0.1) is 0 Å². The van der Waals surface area contributed by atoms with Crippen molar-refractivity contribution in [3.63, 3.8) is 0 Å². The van der Waals surface area contributed by atoms with E-state index in [1.807, 2.05) is 23.6 Å². The summed E-state index contributed by atoms with van der Waals surface area (Å²) >= 11 is 7.03. The molecule has 0 radical (unpaired) electrons. The number of carbonyl (C=O) groups is 1. The third-order valence-corrected chi connectivity index (χ3v) is 7.47. The second kappa shape index (κ2) is 10.4. The predicted molar refractivity (Wildman–Crippen MR) is 132 cm³/mol. The molecule has 0 bridgehead atoms. The number of anilines is 2. The van der Waals surface area contributed by atoms with Crippen molar-refractivity contribution < 1.29 is 4.79 Å². The molecule has 4 rings (SSSR count). The fraction of sp³-hybridized carbons (Fsp3) is 0.522. The van der Waals surface area contributed by atoms with Gasteiger partial charge in [0.1, 0.15) is 5.69 Å². The first-order chi connectivity index (χ1) is 15.2. The maximum Gasteiger partial charge on any atom is 0.275 e. The Kier molecular flexibility index (Phi) is 7.40. The van der Waals surface area contributed by atoms with Crippen LogP contribution in [0.25, 0.3) is 0 Å². The number of benzene rings is 1. The molecule has 0 aliphatic carbocycles. The van der Waals surface area contributed by atoms with Gasteiger partial charge in [0, 0.05) is 44.0 Å². The average Bonchev–Trinajstić information content (AvgIpc) is 3.31. The Bertz CT molecular complexity index is 901. The normalized spacial score (nSPS) is 17.5. The first-order valence-corrected chi connectivity index (χ1v) is 12.6. The summed E-state index contributed by atoms with van der Waals surface area (Å²) in [5, 5.41) is 10.1. The van der Waals surface area contributed by atoms with Gasteiger partial charge >= 0.3 is 0 Å². The molecule has 2 aliphatic rings. The van der Waals surface area contributed by atoms with Crippen LogP contribution in [0.4, 0.5) is 11.4 Å². The van der Waals surface area contributed by atoms with E-state index in [1.54, 1.807) is 11.3 Å². The number of thiazole rings is 1. The van der Waals surface area contributed by atoms with E-state index in [9.17, 15) is 4.79 Å².